The molecule has 3 unspecified atom stereocenters. The molecule has 2 N–H and O–H groups in total. The van der Waals surface area contributed by atoms with E-state index in [1.165, 1.54) is 0 Å². The quantitative estimate of drug-likeness (QED) is 0.881. The molecule has 0 aromatic carbocycles. The Kier molecular flexibility index (Phi) is 4.33. The number of hydrogen-bond donors (Lipinski definition) is 2. The van der Waals surface area contributed by atoms with Gasteiger partial charge in [0.05, 0.1) is 17.5 Å². The van der Waals surface area contributed by atoms with Crippen LogP contribution in [0.3, 0.4) is 0 Å². The van der Waals surface area contributed by atoms with Gasteiger partial charge in [0.15, 0.2) is 0 Å². The smallest absolute Gasteiger partial charge is 0.239 e. The molecule has 2 aromatic heterocycles. The molecule has 4 rings (SSSR count). The van der Waals surface area contributed by atoms with Gasteiger partial charge in [-0.15, -0.1) is 0 Å². The van der Waals surface area contributed by atoms with Gasteiger partial charge in [-0.2, -0.15) is 0 Å². The fourth-order valence-corrected chi connectivity index (χ4v) is 4.17. The Balaban J connectivity index is 1.55. The van der Waals surface area contributed by atoms with Gasteiger partial charge in [-0.05, 0) is 37.8 Å². The van der Waals surface area contributed by atoms with Gasteiger partial charge in [0.2, 0.25) is 5.91 Å². The molecular formula is C18H26N6O. The highest BCUT2D eigenvalue weighted by molar-refractivity contribution is 5.87. The molecule has 7 heteroatoms. The lowest BCUT2D eigenvalue weighted by molar-refractivity contribution is -0.134. The van der Waals surface area contributed by atoms with E-state index < -0.39 is 0 Å². The maximum atomic E-state index is 12.8. The molecule has 2 aromatic rings. The zero-order valence-electron chi connectivity index (χ0n) is 14.9. The predicted octanol–water partition coefficient (Wildman–Crippen LogP) is 1.38. The molecular weight excluding hydrogens is 316 g/mol. The fourth-order valence-electron chi connectivity index (χ4n) is 4.17. The Morgan fingerprint density at radius 2 is 2.24 bits per heavy atom. The maximum Gasteiger partial charge on any atom is 0.239 e. The van der Waals surface area contributed by atoms with Gasteiger partial charge >= 0.3 is 0 Å². The van der Waals surface area contributed by atoms with E-state index in [1.807, 2.05) is 17.2 Å². The molecule has 25 heavy (non-hydrogen) atoms. The Morgan fingerprint density at radius 1 is 1.36 bits per heavy atom. The summed E-state index contributed by atoms with van der Waals surface area (Å²) < 4.78 is 0. The highest BCUT2D eigenvalue weighted by Crippen LogP contribution is 2.29. The number of anilines is 1. The van der Waals surface area contributed by atoms with Crippen molar-refractivity contribution in [3.63, 3.8) is 0 Å². The van der Waals surface area contributed by atoms with Gasteiger partial charge in [0.1, 0.15) is 17.8 Å². The fraction of sp³-hybridized carbons (Fsp3) is 0.611. The molecule has 2 saturated heterocycles. The van der Waals surface area contributed by atoms with Gasteiger partial charge in [0, 0.05) is 26.3 Å². The highest BCUT2D eigenvalue weighted by atomic mass is 16.2. The number of amides is 1. The first-order valence-corrected chi connectivity index (χ1v) is 9.18. The summed E-state index contributed by atoms with van der Waals surface area (Å²) in [5, 5.41) is 4.36. The molecule has 0 spiro atoms. The SMILES string of the molecule is CC1CCN(C(=O)C2CCCN2)CC1N(C)c1ncnc2[nH]ccc12. The van der Waals surface area contributed by atoms with Crippen LogP contribution in [-0.4, -0.2) is 64.5 Å². The second-order valence-corrected chi connectivity index (χ2v) is 7.31. The van der Waals surface area contributed by atoms with Crippen LogP contribution in [0.2, 0.25) is 0 Å². The van der Waals surface area contributed by atoms with Crippen molar-refractivity contribution in [1.29, 1.82) is 0 Å². The lowest BCUT2D eigenvalue weighted by Crippen LogP contribution is -2.55. The summed E-state index contributed by atoms with van der Waals surface area (Å²) in [6.45, 7) is 4.83. The normalized spacial score (nSPS) is 27.0. The average Bonchev–Trinajstić information content (AvgIpc) is 3.32. The zero-order valence-corrected chi connectivity index (χ0v) is 14.9. The van der Waals surface area contributed by atoms with Crippen molar-refractivity contribution >= 4 is 22.8 Å². The molecule has 0 bridgehead atoms. The van der Waals surface area contributed by atoms with Crippen molar-refractivity contribution in [2.75, 3.05) is 31.6 Å². The van der Waals surface area contributed by atoms with Crippen molar-refractivity contribution in [3.8, 4) is 0 Å². The van der Waals surface area contributed by atoms with Crippen molar-refractivity contribution in [2.45, 2.75) is 38.3 Å². The molecule has 4 heterocycles. The number of nitrogens with zero attached hydrogens (tertiary/aromatic N) is 4. The molecule has 134 valence electrons. The molecule has 2 aliphatic rings. The van der Waals surface area contributed by atoms with Crippen molar-refractivity contribution in [3.05, 3.63) is 18.6 Å². The highest BCUT2D eigenvalue weighted by Gasteiger charge is 2.35. The van der Waals surface area contributed by atoms with E-state index in [0.29, 0.717) is 5.92 Å². The first-order valence-electron chi connectivity index (χ1n) is 9.18. The number of carbonyl (C=O) groups is 1. The molecule has 0 aliphatic carbocycles. The molecule has 2 aliphatic heterocycles. The zero-order chi connectivity index (χ0) is 17.4. The number of aromatic amines is 1. The van der Waals surface area contributed by atoms with E-state index >= 15 is 0 Å². The predicted molar refractivity (Wildman–Crippen MR) is 97.5 cm³/mol. The first kappa shape index (κ1) is 16.3. The Bertz CT molecular complexity index is 753. The summed E-state index contributed by atoms with van der Waals surface area (Å²) in [5.41, 5.74) is 0.850. The third-order valence-corrected chi connectivity index (χ3v) is 5.75. The largest absolute Gasteiger partial charge is 0.354 e. The van der Waals surface area contributed by atoms with Crippen molar-refractivity contribution in [2.24, 2.45) is 5.92 Å². The Morgan fingerprint density at radius 3 is 3.04 bits per heavy atom. The number of likely N-dealkylation sites (N-methyl/N-ethyl adjacent to an activating group) is 1. The summed E-state index contributed by atoms with van der Waals surface area (Å²) in [6, 6.07) is 2.28. The van der Waals surface area contributed by atoms with Gasteiger partial charge in [-0.1, -0.05) is 6.92 Å². The van der Waals surface area contributed by atoms with Crippen LogP contribution in [0.1, 0.15) is 26.2 Å². The second-order valence-electron chi connectivity index (χ2n) is 7.31. The molecule has 7 nitrogen and oxygen atoms in total. The van der Waals surface area contributed by atoms with E-state index in [-0.39, 0.29) is 18.0 Å². The van der Waals surface area contributed by atoms with Gasteiger partial charge in [-0.25, -0.2) is 9.97 Å². The summed E-state index contributed by atoms with van der Waals surface area (Å²) in [5.74, 6) is 1.70. The minimum absolute atomic E-state index is 0.00907. The number of fused-ring (bicyclic) bond motifs is 1. The Hall–Kier alpha value is -2.15. The van der Waals surface area contributed by atoms with E-state index in [4.69, 9.17) is 0 Å². The number of piperidine rings is 1. The van der Waals surface area contributed by atoms with Crippen LogP contribution in [0.25, 0.3) is 11.0 Å². The molecule has 0 saturated carbocycles. The third-order valence-electron chi connectivity index (χ3n) is 5.75. The number of H-pyrrole nitrogens is 1. The van der Waals surface area contributed by atoms with Crippen LogP contribution in [0.4, 0.5) is 5.82 Å². The van der Waals surface area contributed by atoms with E-state index in [9.17, 15) is 4.79 Å². The Labute approximate surface area is 147 Å². The van der Waals surface area contributed by atoms with E-state index in [2.05, 4.69) is 39.1 Å². The number of nitrogens with one attached hydrogen (secondary N) is 2. The maximum absolute atomic E-state index is 12.8. The third kappa shape index (κ3) is 2.97. The number of aromatic nitrogens is 3. The molecule has 3 atom stereocenters. The lowest BCUT2D eigenvalue weighted by atomic mass is 9.91. The summed E-state index contributed by atoms with van der Waals surface area (Å²) in [6.07, 6.45) is 6.57. The van der Waals surface area contributed by atoms with E-state index in [0.717, 1.165) is 55.7 Å². The van der Waals surface area contributed by atoms with Crippen molar-refractivity contribution in [1.82, 2.24) is 25.2 Å². The average molecular weight is 342 g/mol. The number of carbonyl (C=O) groups excluding carboxylic acids is 1. The number of likely N-dealkylation sites (tertiary alicyclic amines) is 1. The standard InChI is InChI=1S/C18H26N6O/c1-12-6-9-24(18(25)14-4-3-7-19-14)10-15(12)23(2)17-13-5-8-20-16(13)21-11-22-17/h5,8,11-12,14-15,19H,3-4,6-7,9-10H2,1-2H3,(H,20,21,22). The minimum atomic E-state index is 0.00907. The van der Waals surface area contributed by atoms with Crippen LogP contribution in [0, 0.1) is 5.92 Å². The lowest BCUT2D eigenvalue weighted by Gasteiger charge is -2.42. The molecule has 2 fully saturated rings. The second kappa shape index (κ2) is 6.63. The van der Waals surface area contributed by atoms with Gasteiger partial charge in [0.25, 0.3) is 0 Å². The first-order chi connectivity index (χ1) is 12.1. The monoisotopic (exact) mass is 342 g/mol. The minimum Gasteiger partial charge on any atom is -0.354 e. The van der Waals surface area contributed by atoms with Crippen LogP contribution in [0.5, 0.6) is 0 Å². The van der Waals surface area contributed by atoms with Gasteiger partial charge in [-0.3, -0.25) is 4.79 Å². The van der Waals surface area contributed by atoms with Crippen LogP contribution in [-0.2, 0) is 4.79 Å². The number of hydrogen-bond acceptors (Lipinski definition) is 5. The molecule has 1 amide bonds. The summed E-state index contributed by atoms with van der Waals surface area (Å²) >= 11 is 0. The van der Waals surface area contributed by atoms with E-state index in [1.54, 1.807) is 6.33 Å². The number of rotatable bonds is 3. The van der Waals surface area contributed by atoms with Crippen LogP contribution in [0.15, 0.2) is 18.6 Å². The van der Waals surface area contributed by atoms with Crippen molar-refractivity contribution < 1.29 is 4.79 Å². The van der Waals surface area contributed by atoms with Crippen LogP contribution < -0.4 is 10.2 Å². The molecule has 0 radical (unpaired) electrons. The summed E-state index contributed by atoms with van der Waals surface area (Å²) in [7, 11) is 2.08. The topological polar surface area (TPSA) is 77.2 Å². The summed E-state index contributed by atoms with van der Waals surface area (Å²) in [4.78, 5) is 29.0. The van der Waals surface area contributed by atoms with Gasteiger partial charge < -0.3 is 20.1 Å². The van der Waals surface area contributed by atoms with Crippen LogP contribution >= 0.6 is 0 Å².